The molecule has 6 unspecified atom stereocenters. The minimum absolute atomic E-state index is 0.0173. The van der Waals surface area contributed by atoms with E-state index in [0.29, 0.717) is 12.8 Å². The van der Waals surface area contributed by atoms with Crippen LogP contribution in [0.3, 0.4) is 0 Å². The molecule has 0 bridgehead atoms. The molecule has 0 rings (SSSR count). The molecule has 0 aromatic carbocycles. The number of hydrogen-bond acceptors (Lipinski definition) is 6. The van der Waals surface area contributed by atoms with Crippen LogP contribution in [0.1, 0.15) is 54.4 Å². The standard InChI is InChI=1S/C20H38N4O5S/c1-7-11(5)14(21)18(26)22-13(9-30)17(25)24-16(12(6)8-2)19(27)23-15(10(3)4)20(28)29/h10-16,30H,7-9,21H2,1-6H3,(H,22,26)(H,23,27)(H,24,25)(H,28,29). The maximum absolute atomic E-state index is 12.8. The minimum Gasteiger partial charge on any atom is -0.480 e. The van der Waals surface area contributed by atoms with Crippen molar-refractivity contribution in [2.75, 3.05) is 5.75 Å². The molecule has 0 aromatic rings. The van der Waals surface area contributed by atoms with E-state index in [0.717, 1.165) is 0 Å². The number of carbonyl (C=O) groups excluding carboxylic acids is 3. The summed E-state index contributed by atoms with van der Waals surface area (Å²) in [4.78, 5) is 49.2. The van der Waals surface area contributed by atoms with Crippen LogP contribution in [0.5, 0.6) is 0 Å². The fourth-order valence-corrected chi connectivity index (χ4v) is 2.94. The number of carboxylic acids is 1. The first-order valence-electron chi connectivity index (χ1n) is 10.4. The number of thiol groups is 1. The Morgan fingerprint density at radius 1 is 0.833 bits per heavy atom. The monoisotopic (exact) mass is 446 g/mol. The zero-order valence-electron chi connectivity index (χ0n) is 18.8. The molecule has 0 saturated carbocycles. The number of nitrogens with one attached hydrogen (secondary N) is 3. The van der Waals surface area contributed by atoms with Crippen LogP contribution in [0.2, 0.25) is 0 Å². The highest BCUT2D eigenvalue weighted by molar-refractivity contribution is 7.80. The topological polar surface area (TPSA) is 151 Å². The van der Waals surface area contributed by atoms with Gasteiger partial charge in [0.15, 0.2) is 0 Å². The predicted octanol–water partition coefficient (Wildman–Crippen LogP) is 0.531. The van der Waals surface area contributed by atoms with E-state index < -0.39 is 47.9 Å². The van der Waals surface area contributed by atoms with Crippen LogP contribution in [0.15, 0.2) is 0 Å². The van der Waals surface area contributed by atoms with E-state index in [1.54, 1.807) is 20.8 Å². The molecule has 30 heavy (non-hydrogen) atoms. The smallest absolute Gasteiger partial charge is 0.326 e. The van der Waals surface area contributed by atoms with Gasteiger partial charge in [-0.1, -0.05) is 54.4 Å². The molecule has 10 heteroatoms. The summed E-state index contributed by atoms with van der Waals surface area (Å²) in [6.07, 6.45) is 1.29. The summed E-state index contributed by atoms with van der Waals surface area (Å²) in [5.74, 6) is -3.40. The Labute approximate surface area is 184 Å². The maximum atomic E-state index is 12.8. The van der Waals surface area contributed by atoms with Crippen molar-refractivity contribution >= 4 is 36.3 Å². The number of nitrogens with two attached hydrogens (primary N) is 1. The maximum Gasteiger partial charge on any atom is 0.326 e. The summed E-state index contributed by atoms with van der Waals surface area (Å²) in [6.45, 7) is 10.8. The van der Waals surface area contributed by atoms with Gasteiger partial charge in [-0.3, -0.25) is 14.4 Å². The van der Waals surface area contributed by atoms with Gasteiger partial charge < -0.3 is 26.8 Å². The second-order valence-electron chi connectivity index (χ2n) is 8.10. The van der Waals surface area contributed by atoms with Crippen LogP contribution in [0.25, 0.3) is 0 Å². The molecule has 0 aliphatic carbocycles. The lowest BCUT2D eigenvalue weighted by Gasteiger charge is -2.28. The average molecular weight is 447 g/mol. The van der Waals surface area contributed by atoms with Crippen molar-refractivity contribution in [2.45, 2.75) is 78.6 Å². The fraction of sp³-hybridized carbons (Fsp3) is 0.800. The Morgan fingerprint density at radius 2 is 1.33 bits per heavy atom. The molecule has 0 fully saturated rings. The minimum atomic E-state index is -1.15. The summed E-state index contributed by atoms with van der Waals surface area (Å²) in [5, 5.41) is 17.0. The molecule has 0 saturated heterocycles. The lowest BCUT2D eigenvalue weighted by atomic mass is 9.96. The number of hydrogen-bond donors (Lipinski definition) is 6. The van der Waals surface area contributed by atoms with Crippen LogP contribution in [-0.4, -0.2) is 58.7 Å². The van der Waals surface area contributed by atoms with Crippen molar-refractivity contribution < 1.29 is 24.3 Å². The third-order valence-electron chi connectivity index (χ3n) is 5.40. The van der Waals surface area contributed by atoms with E-state index in [2.05, 4.69) is 28.6 Å². The van der Waals surface area contributed by atoms with E-state index in [1.165, 1.54) is 0 Å². The van der Waals surface area contributed by atoms with Gasteiger partial charge in [0.25, 0.3) is 0 Å². The highest BCUT2D eigenvalue weighted by atomic mass is 32.1. The molecule has 174 valence electrons. The number of carboxylic acid groups (broad SMARTS) is 1. The van der Waals surface area contributed by atoms with E-state index in [9.17, 15) is 24.3 Å². The predicted molar refractivity (Wildman–Crippen MR) is 119 cm³/mol. The normalized spacial score (nSPS) is 17.2. The Hall–Kier alpha value is -1.81. The van der Waals surface area contributed by atoms with Gasteiger partial charge >= 0.3 is 5.97 Å². The van der Waals surface area contributed by atoms with Gasteiger partial charge in [-0.25, -0.2) is 4.79 Å². The van der Waals surface area contributed by atoms with E-state index in [1.807, 2.05) is 20.8 Å². The van der Waals surface area contributed by atoms with Crippen molar-refractivity contribution in [1.29, 1.82) is 0 Å². The number of carbonyl (C=O) groups is 4. The first-order valence-corrected chi connectivity index (χ1v) is 11.0. The van der Waals surface area contributed by atoms with E-state index >= 15 is 0 Å². The zero-order chi connectivity index (χ0) is 23.6. The molecule has 0 spiro atoms. The largest absolute Gasteiger partial charge is 0.480 e. The van der Waals surface area contributed by atoms with Crippen molar-refractivity contribution in [3.63, 3.8) is 0 Å². The third kappa shape index (κ3) is 8.51. The first-order chi connectivity index (χ1) is 13.9. The molecule has 9 nitrogen and oxygen atoms in total. The summed E-state index contributed by atoms with van der Waals surface area (Å²) in [7, 11) is 0. The number of rotatable bonds is 13. The molecule has 0 heterocycles. The molecular weight excluding hydrogens is 408 g/mol. The molecule has 0 aliphatic heterocycles. The van der Waals surface area contributed by atoms with Gasteiger partial charge in [0, 0.05) is 5.75 Å². The van der Waals surface area contributed by atoms with Crippen molar-refractivity contribution in [2.24, 2.45) is 23.5 Å². The highest BCUT2D eigenvalue weighted by Crippen LogP contribution is 2.11. The van der Waals surface area contributed by atoms with E-state index in [4.69, 9.17) is 5.73 Å². The molecule has 0 aromatic heterocycles. The van der Waals surface area contributed by atoms with Gasteiger partial charge in [-0.2, -0.15) is 12.6 Å². The lowest BCUT2D eigenvalue weighted by Crippen LogP contribution is -2.60. The van der Waals surface area contributed by atoms with Crippen LogP contribution < -0.4 is 21.7 Å². The Balaban J connectivity index is 5.34. The molecule has 6 atom stereocenters. The van der Waals surface area contributed by atoms with Crippen molar-refractivity contribution in [1.82, 2.24) is 16.0 Å². The van der Waals surface area contributed by atoms with Gasteiger partial charge in [-0.05, 0) is 17.8 Å². The van der Waals surface area contributed by atoms with Crippen LogP contribution in [0, 0.1) is 17.8 Å². The summed E-state index contributed by atoms with van der Waals surface area (Å²) >= 11 is 4.14. The number of amides is 3. The van der Waals surface area contributed by atoms with Gasteiger partial charge in [0.2, 0.25) is 17.7 Å². The highest BCUT2D eigenvalue weighted by Gasteiger charge is 2.33. The SMILES string of the molecule is CCC(C)C(N)C(=O)NC(CS)C(=O)NC(C(=O)NC(C(=O)O)C(C)C)C(C)CC. The lowest BCUT2D eigenvalue weighted by molar-refractivity contribution is -0.144. The van der Waals surface area contributed by atoms with Crippen molar-refractivity contribution in [3.05, 3.63) is 0 Å². The summed E-state index contributed by atoms with van der Waals surface area (Å²) < 4.78 is 0. The summed E-state index contributed by atoms with van der Waals surface area (Å²) in [5.41, 5.74) is 5.92. The quantitative estimate of drug-likeness (QED) is 0.227. The van der Waals surface area contributed by atoms with Gasteiger partial charge in [0.1, 0.15) is 18.1 Å². The van der Waals surface area contributed by atoms with Crippen LogP contribution in [-0.2, 0) is 19.2 Å². The van der Waals surface area contributed by atoms with Crippen molar-refractivity contribution in [3.8, 4) is 0 Å². The summed E-state index contributed by atoms with van der Waals surface area (Å²) in [6, 6.07) is -3.77. The van der Waals surface area contributed by atoms with E-state index in [-0.39, 0.29) is 23.5 Å². The first kappa shape index (κ1) is 28.2. The third-order valence-corrected chi connectivity index (χ3v) is 5.76. The molecule has 3 amide bonds. The van der Waals surface area contributed by atoms with Gasteiger partial charge in [-0.15, -0.1) is 0 Å². The Morgan fingerprint density at radius 3 is 1.73 bits per heavy atom. The van der Waals surface area contributed by atoms with Crippen LogP contribution in [0.4, 0.5) is 0 Å². The molecule has 0 aliphatic rings. The van der Waals surface area contributed by atoms with Crippen LogP contribution >= 0.6 is 12.6 Å². The number of aliphatic carboxylic acids is 1. The second-order valence-corrected chi connectivity index (χ2v) is 8.46. The molecule has 0 radical (unpaired) electrons. The molecular formula is C20H38N4O5S. The second kappa shape index (κ2) is 13.5. The van der Waals surface area contributed by atoms with Gasteiger partial charge in [0.05, 0.1) is 6.04 Å². The Bertz CT molecular complexity index is 602. The molecule has 6 N–H and O–H groups in total. The average Bonchev–Trinajstić information content (AvgIpc) is 2.70. The fourth-order valence-electron chi connectivity index (χ4n) is 2.69. The Kier molecular flexibility index (Phi) is 12.7. The zero-order valence-corrected chi connectivity index (χ0v) is 19.7.